The van der Waals surface area contributed by atoms with Crippen molar-refractivity contribution in [3.8, 4) is 55.6 Å². The number of furan rings is 1. The third-order valence-corrected chi connectivity index (χ3v) is 12.3. The van der Waals surface area contributed by atoms with E-state index in [4.69, 9.17) is 4.42 Å². The molecule has 0 aliphatic heterocycles. The molecule has 1 aliphatic rings. The maximum absolute atomic E-state index is 6.37. The van der Waals surface area contributed by atoms with Gasteiger partial charge in [-0.05, 0) is 98.1 Å². The second-order valence-corrected chi connectivity index (χ2v) is 16.0. The third-order valence-electron chi connectivity index (χ3n) is 12.3. The fourth-order valence-corrected chi connectivity index (χ4v) is 9.50. The van der Waals surface area contributed by atoms with Crippen LogP contribution in [0.15, 0.2) is 217 Å². The molecule has 0 saturated carbocycles. The molecule has 0 fully saturated rings. The van der Waals surface area contributed by atoms with Crippen molar-refractivity contribution < 1.29 is 4.42 Å². The minimum Gasteiger partial charge on any atom is -0.456 e. The fraction of sp³-hybridized carbons (Fsp3) is 0.0526. The number of rotatable bonds is 7. The van der Waals surface area contributed by atoms with Crippen LogP contribution in [-0.2, 0) is 5.41 Å². The van der Waals surface area contributed by atoms with Gasteiger partial charge in [-0.25, -0.2) is 0 Å². The van der Waals surface area contributed by atoms with Crippen molar-refractivity contribution in [2.45, 2.75) is 19.3 Å². The molecule has 0 N–H and O–H groups in total. The maximum Gasteiger partial charge on any atom is 0.136 e. The zero-order valence-corrected chi connectivity index (χ0v) is 33.1. The molecular formula is C57H41NO. The topological polar surface area (TPSA) is 16.4 Å². The average Bonchev–Trinajstić information content (AvgIpc) is 3.78. The first-order valence-corrected chi connectivity index (χ1v) is 20.4. The Morgan fingerprint density at radius 2 is 0.898 bits per heavy atom. The van der Waals surface area contributed by atoms with Crippen LogP contribution in [0.3, 0.4) is 0 Å². The van der Waals surface area contributed by atoms with Crippen LogP contribution in [0.1, 0.15) is 25.0 Å². The molecule has 0 amide bonds. The quantitative estimate of drug-likeness (QED) is 0.161. The lowest BCUT2D eigenvalue weighted by Gasteiger charge is -2.31. The third kappa shape index (κ3) is 5.71. The van der Waals surface area contributed by atoms with Crippen LogP contribution in [0.2, 0.25) is 0 Å². The molecule has 11 rings (SSSR count). The second kappa shape index (κ2) is 13.9. The standard InChI is InChI=1S/C57H41NO/c1-57(2)50-29-12-8-27-49(50)56-48(28-17-30-51(56)57)45-25-10-14-32-53(45)58(52-31-13-9-24-44(52)43-23-7-6-22-42(43)38-18-4-3-5-19-38)41-21-16-20-39(36-41)40-34-35-47-46-26-11-15-33-54(46)59-55(47)37-40/h3-37H,1-2H3. The van der Waals surface area contributed by atoms with Crippen LogP contribution in [-0.4, -0.2) is 0 Å². The van der Waals surface area contributed by atoms with Crippen LogP contribution < -0.4 is 4.90 Å². The van der Waals surface area contributed by atoms with Gasteiger partial charge < -0.3 is 9.32 Å². The summed E-state index contributed by atoms with van der Waals surface area (Å²) in [6.45, 7) is 4.71. The van der Waals surface area contributed by atoms with Crippen LogP contribution in [0, 0.1) is 0 Å². The minimum atomic E-state index is -0.112. The number of hydrogen-bond donors (Lipinski definition) is 0. The average molecular weight is 756 g/mol. The Bertz CT molecular complexity index is 3210. The zero-order chi connectivity index (χ0) is 39.5. The largest absolute Gasteiger partial charge is 0.456 e. The van der Waals surface area contributed by atoms with Crippen LogP contribution >= 0.6 is 0 Å². The molecule has 0 saturated heterocycles. The highest BCUT2D eigenvalue weighted by Crippen LogP contribution is 2.54. The molecule has 10 aromatic rings. The van der Waals surface area contributed by atoms with Crippen molar-refractivity contribution in [2.24, 2.45) is 0 Å². The summed E-state index contributed by atoms with van der Waals surface area (Å²) >= 11 is 0. The van der Waals surface area contributed by atoms with E-state index in [0.717, 1.165) is 55.7 Å². The second-order valence-electron chi connectivity index (χ2n) is 16.0. The Morgan fingerprint density at radius 3 is 1.69 bits per heavy atom. The minimum absolute atomic E-state index is 0.112. The van der Waals surface area contributed by atoms with Crippen molar-refractivity contribution >= 4 is 39.0 Å². The molecule has 9 aromatic carbocycles. The Labute approximate surface area is 345 Å². The lowest BCUT2D eigenvalue weighted by atomic mass is 9.82. The molecule has 0 spiro atoms. The summed E-state index contributed by atoms with van der Waals surface area (Å²) in [5.74, 6) is 0. The Balaban J connectivity index is 1.15. The predicted molar refractivity (Wildman–Crippen MR) is 248 cm³/mol. The van der Waals surface area contributed by atoms with Crippen molar-refractivity contribution in [3.63, 3.8) is 0 Å². The van der Waals surface area contributed by atoms with Crippen LogP contribution in [0.5, 0.6) is 0 Å². The summed E-state index contributed by atoms with van der Waals surface area (Å²) in [7, 11) is 0. The van der Waals surface area contributed by atoms with E-state index in [-0.39, 0.29) is 5.41 Å². The number of benzene rings is 9. The summed E-state index contributed by atoms with van der Waals surface area (Å²) < 4.78 is 6.37. The Morgan fingerprint density at radius 1 is 0.356 bits per heavy atom. The van der Waals surface area contributed by atoms with Gasteiger partial charge in [0.2, 0.25) is 0 Å². The van der Waals surface area contributed by atoms with E-state index in [9.17, 15) is 0 Å². The molecule has 1 aromatic heterocycles. The zero-order valence-electron chi connectivity index (χ0n) is 33.1. The number of nitrogens with zero attached hydrogens (tertiary/aromatic N) is 1. The monoisotopic (exact) mass is 755 g/mol. The van der Waals surface area contributed by atoms with Gasteiger partial charge in [-0.2, -0.15) is 0 Å². The maximum atomic E-state index is 6.37. The molecule has 0 radical (unpaired) electrons. The molecule has 1 aliphatic carbocycles. The predicted octanol–water partition coefficient (Wildman–Crippen LogP) is 16.0. The molecular weight excluding hydrogens is 715 g/mol. The summed E-state index contributed by atoms with van der Waals surface area (Å²) in [6, 6.07) is 76.9. The highest BCUT2D eigenvalue weighted by atomic mass is 16.3. The summed E-state index contributed by atoms with van der Waals surface area (Å²) in [5, 5.41) is 2.26. The molecule has 59 heavy (non-hydrogen) atoms. The molecule has 0 unspecified atom stereocenters. The van der Waals surface area contributed by atoms with Gasteiger partial charge in [-0.15, -0.1) is 0 Å². The highest BCUT2D eigenvalue weighted by molar-refractivity contribution is 6.06. The molecule has 1 heterocycles. The van der Waals surface area contributed by atoms with E-state index in [0.29, 0.717) is 0 Å². The first kappa shape index (κ1) is 34.8. The normalized spacial score (nSPS) is 12.7. The summed E-state index contributed by atoms with van der Waals surface area (Å²) in [4.78, 5) is 2.47. The van der Waals surface area contributed by atoms with E-state index >= 15 is 0 Å². The highest BCUT2D eigenvalue weighted by Gasteiger charge is 2.37. The Hall–Kier alpha value is -7.42. The van der Waals surface area contributed by atoms with Crippen LogP contribution in [0.4, 0.5) is 17.1 Å². The molecule has 2 heteroatoms. The molecule has 280 valence electrons. The van der Waals surface area contributed by atoms with E-state index in [1.165, 1.54) is 50.1 Å². The first-order chi connectivity index (χ1) is 29.0. The number of hydrogen-bond acceptors (Lipinski definition) is 2. The van der Waals surface area contributed by atoms with Crippen molar-refractivity contribution in [1.82, 2.24) is 0 Å². The fourth-order valence-electron chi connectivity index (χ4n) is 9.50. The Kier molecular flexibility index (Phi) is 8.20. The lowest BCUT2D eigenvalue weighted by molar-refractivity contribution is 0.660. The van der Waals surface area contributed by atoms with Gasteiger partial charge in [0.1, 0.15) is 11.2 Å². The van der Waals surface area contributed by atoms with Gasteiger partial charge >= 0.3 is 0 Å². The van der Waals surface area contributed by atoms with Crippen LogP contribution in [0.25, 0.3) is 77.6 Å². The van der Waals surface area contributed by atoms with E-state index in [2.05, 4.69) is 219 Å². The van der Waals surface area contributed by atoms with Gasteiger partial charge in [0.15, 0.2) is 0 Å². The lowest BCUT2D eigenvalue weighted by Crippen LogP contribution is -2.15. The van der Waals surface area contributed by atoms with Crippen molar-refractivity contribution in [3.05, 3.63) is 223 Å². The first-order valence-electron chi connectivity index (χ1n) is 20.4. The van der Waals surface area contributed by atoms with Crippen molar-refractivity contribution in [2.75, 3.05) is 4.90 Å². The molecule has 0 bridgehead atoms. The summed E-state index contributed by atoms with van der Waals surface area (Å²) in [6.07, 6.45) is 0. The van der Waals surface area contributed by atoms with E-state index < -0.39 is 0 Å². The molecule has 2 nitrogen and oxygen atoms in total. The van der Waals surface area contributed by atoms with Gasteiger partial charge in [-0.3, -0.25) is 0 Å². The SMILES string of the molecule is CC1(C)c2ccccc2-c2c(-c3ccccc3N(c3cccc(-c4ccc5c(c4)oc4ccccc45)c3)c3ccccc3-c3ccccc3-c3ccccc3)cccc21. The smallest absolute Gasteiger partial charge is 0.136 e. The van der Waals surface area contributed by atoms with Gasteiger partial charge in [0, 0.05) is 33.0 Å². The van der Waals surface area contributed by atoms with E-state index in [1.807, 2.05) is 12.1 Å². The number of anilines is 3. The van der Waals surface area contributed by atoms with E-state index in [1.54, 1.807) is 0 Å². The summed E-state index contributed by atoms with van der Waals surface area (Å²) in [5.41, 5.74) is 19.7. The van der Waals surface area contributed by atoms with Gasteiger partial charge in [0.05, 0.1) is 11.4 Å². The van der Waals surface area contributed by atoms with Gasteiger partial charge in [0.25, 0.3) is 0 Å². The van der Waals surface area contributed by atoms with Crippen molar-refractivity contribution in [1.29, 1.82) is 0 Å². The molecule has 0 atom stereocenters. The van der Waals surface area contributed by atoms with Gasteiger partial charge in [-0.1, -0.05) is 184 Å². The number of para-hydroxylation sites is 3. The number of fused-ring (bicyclic) bond motifs is 6.